The molecule has 9 atom stereocenters. The molecule has 24 heteroatoms. The maximum atomic E-state index is 14.3. The molecule has 1 aliphatic rings. The normalized spacial score (nSPS) is 16.1. The molecule has 0 aliphatic carbocycles. The van der Waals surface area contributed by atoms with Gasteiger partial charge in [0.15, 0.2) is 0 Å². The summed E-state index contributed by atoms with van der Waals surface area (Å²) in [5, 5.41) is 23.7. The Hall–Kier alpha value is -7.99. The average Bonchev–Trinajstić information content (AvgIpc) is 4.17. The summed E-state index contributed by atoms with van der Waals surface area (Å²) in [6.45, 7) is 12.3. The Balaban J connectivity index is 1.24. The van der Waals surface area contributed by atoms with Crippen LogP contribution in [0.1, 0.15) is 91.7 Å². The second kappa shape index (κ2) is 29.7. The van der Waals surface area contributed by atoms with Crippen molar-refractivity contribution in [3.8, 4) is 0 Å². The molecular weight excluding hydrogens is 1010 g/mol. The summed E-state index contributed by atoms with van der Waals surface area (Å²) in [6, 6.07) is 5.83. The van der Waals surface area contributed by atoms with Crippen molar-refractivity contribution in [1.29, 1.82) is 0 Å². The third-order valence-electron chi connectivity index (χ3n) is 13.4. The van der Waals surface area contributed by atoms with Crippen LogP contribution < -0.4 is 59.7 Å². The predicted octanol–water partition coefficient (Wildman–Crippen LogP) is 0.135. The predicted molar refractivity (Wildman–Crippen MR) is 301 cm³/mol. The number of benzene rings is 2. The Kier molecular flexibility index (Phi) is 23.2. The highest BCUT2D eigenvalue weighted by atomic mass is 16.2. The van der Waals surface area contributed by atoms with Crippen molar-refractivity contribution in [2.24, 2.45) is 44.9 Å². The van der Waals surface area contributed by atoms with E-state index in [0.29, 0.717) is 18.4 Å². The molecule has 428 valence electrons. The summed E-state index contributed by atoms with van der Waals surface area (Å²) in [5.74, 6) is -6.44. The second-order valence-electron chi connectivity index (χ2n) is 21.4. The number of para-hydroxylation sites is 2. The molecule has 0 saturated carbocycles. The highest BCUT2D eigenvalue weighted by Crippen LogP contribution is 2.21. The lowest BCUT2D eigenvalue weighted by molar-refractivity contribution is -0.135. The van der Waals surface area contributed by atoms with E-state index in [1.165, 1.54) is 13.3 Å². The molecule has 0 saturated heterocycles. The number of nitrogens with zero attached hydrogens (tertiary/aromatic N) is 2. The minimum atomic E-state index is -1.35. The maximum absolute atomic E-state index is 14.3. The number of rotatable bonds is 32. The van der Waals surface area contributed by atoms with Crippen LogP contribution in [0.3, 0.4) is 0 Å². The lowest BCUT2D eigenvalue weighted by Gasteiger charge is -2.27. The van der Waals surface area contributed by atoms with Crippen LogP contribution in [0.4, 0.5) is 0 Å². The number of carbonyl (C=O) groups is 9. The molecule has 5 rings (SSSR count). The first kappa shape index (κ1) is 61.9. The van der Waals surface area contributed by atoms with E-state index in [4.69, 9.17) is 17.2 Å². The first-order chi connectivity index (χ1) is 37.5. The number of hydrogen-bond acceptors (Lipinski definition) is 13. The number of H-pyrrole nitrogens is 2. The Morgan fingerprint density at radius 2 is 1.20 bits per heavy atom. The number of fused-ring (bicyclic) bond motifs is 2. The van der Waals surface area contributed by atoms with Gasteiger partial charge in [0, 0.05) is 72.3 Å². The minimum Gasteiger partial charge on any atom is -0.370 e. The molecule has 79 heavy (non-hydrogen) atoms. The largest absolute Gasteiger partial charge is 0.370 e. The van der Waals surface area contributed by atoms with Crippen molar-refractivity contribution in [3.63, 3.8) is 0 Å². The van der Waals surface area contributed by atoms with Crippen molar-refractivity contribution in [2.45, 2.75) is 148 Å². The summed E-state index contributed by atoms with van der Waals surface area (Å²) in [5.41, 5.74) is 20.5. The van der Waals surface area contributed by atoms with Gasteiger partial charge in [-0.25, -0.2) is 4.99 Å². The number of aromatic nitrogens is 2. The van der Waals surface area contributed by atoms with Crippen LogP contribution >= 0.6 is 0 Å². The third kappa shape index (κ3) is 19.2. The molecule has 0 fully saturated rings. The summed E-state index contributed by atoms with van der Waals surface area (Å²) >= 11 is 0. The van der Waals surface area contributed by atoms with E-state index in [1.807, 2.05) is 76.2 Å². The first-order valence-electron chi connectivity index (χ1n) is 26.8. The number of aromatic amines is 2. The first-order valence-corrected chi connectivity index (χ1v) is 26.8. The van der Waals surface area contributed by atoms with Gasteiger partial charge in [0.1, 0.15) is 36.5 Å². The van der Waals surface area contributed by atoms with Crippen molar-refractivity contribution in [1.82, 2.24) is 52.5 Å². The second-order valence-corrected chi connectivity index (χ2v) is 21.4. The fourth-order valence-corrected chi connectivity index (χ4v) is 9.20. The summed E-state index contributed by atoms with van der Waals surface area (Å²) in [6.07, 6.45) is 6.96. The average molecular weight is 1090 g/mol. The van der Waals surface area contributed by atoms with Crippen LogP contribution in [0.5, 0.6) is 0 Å². The fourth-order valence-electron chi connectivity index (χ4n) is 9.20. The van der Waals surface area contributed by atoms with Gasteiger partial charge in [-0.2, -0.15) is 0 Å². The minimum absolute atomic E-state index is 0.0550. The van der Waals surface area contributed by atoms with Gasteiger partial charge in [-0.05, 0) is 73.6 Å². The van der Waals surface area contributed by atoms with Gasteiger partial charge >= 0.3 is 0 Å². The van der Waals surface area contributed by atoms with Gasteiger partial charge < -0.3 is 69.7 Å². The zero-order valence-corrected chi connectivity index (χ0v) is 46.0. The number of aliphatic imine (C=N–C) groups is 2. The van der Waals surface area contributed by atoms with Crippen LogP contribution in [0.2, 0.25) is 0 Å². The van der Waals surface area contributed by atoms with Gasteiger partial charge in [-0.15, -0.1) is 0 Å². The van der Waals surface area contributed by atoms with Gasteiger partial charge in [0.05, 0.1) is 24.7 Å². The Labute approximate surface area is 459 Å². The SMILES string of the molecule is CC(C)C[C@@H](CN[C@@H](CC(C)C)C(N)=O)NC(=O)[C@H](CC1C=NC=N1)NC(=O)CNC(=O)[C@@H](NC(=O)[C@H](C)NC(=O)[C@H](Cc1c[nH]c2ccccc12)NC(=O)[C@H](CCC(N)=O)NC(=O)[C@H](N)Cc1c[nH]c2ccccc12)C(C)C. The number of nitrogens with one attached hydrogen (secondary N) is 10. The van der Waals surface area contributed by atoms with E-state index in [1.54, 1.807) is 32.5 Å². The zero-order chi connectivity index (χ0) is 57.9. The highest BCUT2D eigenvalue weighted by Gasteiger charge is 2.34. The van der Waals surface area contributed by atoms with E-state index in [9.17, 15) is 43.2 Å². The monoisotopic (exact) mass is 1090 g/mol. The fraction of sp³-hybridized carbons (Fsp3) is 0.509. The molecule has 24 nitrogen and oxygen atoms in total. The van der Waals surface area contributed by atoms with Crippen molar-refractivity contribution >= 4 is 87.5 Å². The zero-order valence-electron chi connectivity index (χ0n) is 46.0. The van der Waals surface area contributed by atoms with Crippen LogP contribution in [-0.4, -0.2) is 143 Å². The van der Waals surface area contributed by atoms with Crippen LogP contribution in [0.15, 0.2) is 70.9 Å². The third-order valence-corrected chi connectivity index (χ3v) is 13.4. The molecule has 1 aliphatic heterocycles. The summed E-state index contributed by atoms with van der Waals surface area (Å²) in [7, 11) is 0. The van der Waals surface area contributed by atoms with E-state index in [-0.39, 0.29) is 50.5 Å². The molecule has 0 bridgehead atoms. The van der Waals surface area contributed by atoms with Gasteiger partial charge in [0.25, 0.3) is 0 Å². The van der Waals surface area contributed by atoms with E-state index in [2.05, 4.69) is 62.5 Å². The van der Waals surface area contributed by atoms with Crippen LogP contribution in [0, 0.1) is 17.8 Å². The molecule has 2 aromatic carbocycles. The van der Waals surface area contributed by atoms with Crippen molar-refractivity contribution in [2.75, 3.05) is 13.1 Å². The standard InChI is InChI=1S/C55H79N15O9/c1-29(2)18-36(26-62-43(49(58)73)19-30(3)4)66-54(78)45(22-35-25-59-28-64-35)67-47(72)27-63-55(79)48(31(5)6)70-50(74)32(7)65-53(77)44(21-34-24-61-41-15-11-9-13-38(34)41)69-52(76)42(16-17-46(57)71)68-51(75)39(56)20-33-23-60-40-14-10-8-12-37(33)40/h8-15,23-25,28-32,35-36,39,42-45,48,60-62H,16-22,26-27,56H2,1-7H3,(H2,57,71)(H2,58,73)(H,63,79)(H,65,77)(H,66,78)(H,67,72)(H,68,75)(H,69,76)(H,70,74)/t32-,35?,36-,39+,42-,43-,44-,45-,48-/m0/s1. The van der Waals surface area contributed by atoms with Gasteiger partial charge in [-0.1, -0.05) is 77.9 Å². The number of primary amides is 2. The van der Waals surface area contributed by atoms with Crippen LogP contribution in [0.25, 0.3) is 21.8 Å². The van der Waals surface area contributed by atoms with Gasteiger partial charge in [-0.3, -0.25) is 48.1 Å². The topological polar surface area (TPSA) is 384 Å². The lowest BCUT2D eigenvalue weighted by atomic mass is 10.00. The highest BCUT2D eigenvalue weighted by molar-refractivity contribution is 5.98. The van der Waals surface area contributed by atoms with Crippen LogP contribution in [-0.2, 0) is 56.0 Å². The quantitative estimate of drug-likeness (QED) is 0.0312. The van der Waals surface area contributed by atoms with E-state index >= 15 is 0 Å². The molecule has 16 N–H and O–H groups in total. The van der Waals surface area contributed by atoms with Gasteiger partial charge in [0.2, 0.25) is 53.2 Å². The van der Waals surface area contributed by atoms with E-state index < -0.39 is 120 Å². The number of nitrogens with two attached hydrogens (primary N) is 3. The smallest absolute Gasteiger partial charge is 0.243 e. The van der Waals surface area contributed by atoms with Crippen molar-refractivity contribution in [3.05, 3.63) is 72.1 Å². The molecular formula is C55H79N15O9. The Morgan fingerprint density at radius 1 is 0.620 bits per heavy atom. The molecule has 9 amide bonds. The Morgan fingerprint density at radius 3 is 1.77 bits per heavy atom. The molecule has 3 heterocycles. The molecule has 4 aromatic rings. The molecule has 1 unspecified atom stereocenters. The Bertz CT molecular complexity index is 2830. The summed E-state index contributed by atoms with van der Waals surface area (Å²) < 4.78 is 0. The van der Waals surface area contributed by atoms with E-state index in [0.717, 1.165) is 27.4 Å². The number of carbonyl (C=O) groups excluding carboxylic acids is 9. The summed E-state index contributed by atoms with van der Waals surface area (Å²) in [4.78, 5) is 136. The molecule has 2 aromatic heterocycles. The number of hydrogen-bond donors (Lipinski definition) is 13. The lowest BCUT2D eigenvalue weighted by Crippen LogP contribution is -2.59. The molecule has 0 radical (unpaired) electrons. The molecule has 0 spiro atoms. The number of amides is 9. The van der Waals surface area contributed by atoms with Crippen molar-refractivity contribution < 1.29 is 43.2 Å². The maximum Gasteiger partial charge on any atom is 0.243 e.